The Morgan fingerprint density at radius 3 is 2.65 bits per heavy atom. The van der Waals surface area contributed by atoms with E-state index in [9.17, 15) is 0 Å². The van der Waals surface area contributed by atoms with Crippen LogP contribution in [0.4, 0.5) is 11.4 Å². The number of ether oxygens (including phenoxy) is 1. The lowest BCUT2D eigenvalue weighted by Gasteiger charge is -2.20. The Labute approximate surface area is 124 Å². The number of pyridine rings is 1. The van der Waals surface area contributed by atoms with Crippen LogP contribution in [-0.4, -0.2) is 26.2 Å². The van der Waals surface area contributed by atoms with Crippen molar-refractivity contribution in [3.8, 4) is 5.88 Å². The quantitative estimate of drug-likeness (QED) is 0.915. The predicted molar refractivity (Wildman–Crippen MR) is 86.2 cm³/mol. The number of nitrogens with one attached hydrogen (secondary N) is 1. The van der Waals surface area contributed by atoms with Gasteiger partial charge in [0.25, 0.3) is 0 Å². The minimum absolute atomic E-state index is 0.626. The average Bonchev–Trinajstić information content (AvgIpc) is 2.74. The number of aryl methyl sites for hydroxylation is 2. The lowest BCUT2D eigenvalue weighted by atomic mass is 10.2. The van der Waals surface area contributed by atoms with Crippen molar-refractivity contribution >= 4 is 22.7 Å². The summed E-state index contributed by atoms with van der Waals surface area (Å²) in [5, 5.41) is 3.46. The third-order valence-corrected chi connectivity index (χ3v) is 4.18. The second-order valence-electron chi connectivity index (χ2n) is 4.90. The fraction of sp³-hybridized carbons (Fsp3) is 0.400. The van der Waals surface area contributed by atoms with E-state index in [0.717, 1.165) is 17.9 Å². The molecule has 2 aromatic rings. The molecule has 2 aromatic heterocycles. The molecule has 20 heavy (non-hydrogen) atoms. The van der Waals surface area contributed by atoms with Crippen molar-refractivity contribution in [3.63, 3.8) is 0 Å². The summed E-state index contributed by atoms with van der Waals surface area (Å²) < 4.78 is 5.36. The van der Waals surface area contributed by atoms with Crippen molar-refractivity contribution in [2.75, 3.05) is 31.4 Å². The molecule has 0 aliphatic rings. The normalized spacial score (nSPS) is 10.4. The molecule has 0 saturated heterocycles. The zero-order valence-electron chi connectivity index (χ0n) is 12.7. The summed E-state index contributed by atoms with van der Waals surface area (Å²) in [6, 6.07) is 4.21. The van der Waals surface area contributed by atoms with Crippen molar-refractivity contribution < 1.29 is 4.74 Å². The number of hydrogen-bond donors (Lipinski definition) is 1. The molecule has 2 heterocycles. The van der Waals surface area contributed by atoms with Crippen molar-refractivity contribution in [1.29, 1.82) is 0 Å². The van der Waals surface area contributed by atoms with Gasteiger partial charge in [0.2, 0.25) is 5.88 Å². The average molecular weight is 291 g/mol. The molecule has 5 heteroatoms. The number of nitrogens with zero attached hydrogens (tertiary/aromatic N) is 2. The van der Waals surface area contributed by atoms with Gasteiger partial charge in [-0.05, 0) is 31.5 Å². The summed E-state index contributed by atoms with van der Waals surface area (Å²) >= 11 is 1.83. The molecule has 0 spiro atoms. The van der Waals surface area contributed by atoms with E-state index in [1.165, 1.54) is 15.3 Å². The molecular weight excluding hydrogens is 270 g/mol. The van der Waals surface area contributed by atoms with Crippen LogP contribution in [0.3, 0.4) is 0 Å². The molecule has 2 rings (SSSR count). The maximum Gasteiger partial charge on any atom is 0.239 e. The monoisotopic (exact) mass is 291 g/mol. The van der Waals surface area contributed by atoms with E-state index >= 15 is 0 Å². The van der Waals surface area contributed by atoms with Gasteiger partial charge in [-0.15, -0.1) is 11.3 Å². The molecular formula is C15H21N3OS. The van der Waals surface area contributed by atoms with Crippen molar-refractivity contribution in [2.45, 2.75) is 20.4 Å². The van der Waals surface area contributed by atoms with Crippen LogP contribution in [0.25, 0.3) is 0 Å². The third-order valence-electron chi connectivity index (χ3n) is 3.17. The van der Waals surface area contributed by atoms with Crippen molar-refractivity contribution in [2.24, 2.45) is 0 Å². The number of aromatic nitrogens is 1. The van der Waals surface area contributed by atoms with Gasteiger partial charge >= 0.3 is 0 Å². The number of rotatable bonds is 5. The van der Waals surface area contributed by atoms with Gasteiger partial charge in [0.15, 0.2) is 0 Å². The fourth-order valence-corrected chi connectivity index (χ4v) is 3.12. The van der Waals surface area contributed by atoms with Crippen LogP contribution in [0, 0.1) is 13.8 Å². The summed E-state index contributed by atoms with van der Waals surface area (Å²) in [5.74, 6) is 0.626. The first-order valence-corrected chi connectivity index (χ1v) is 7.34. The molecule has 0 aliphatic heterocycles. The third kappa shape index (κ3) is 3.04. The molecule has 0 unspecified atom stereocenters. The molecule has 0 atom stereocenters. The molecule has 0 amide bonds. The number of thiophene rings is 1. The maximum atomic E-state index is 5.36. The standard InChI is InChI=1S/C15H21N3OS/c1-10-8-12(11(2)20-10)9-17-14-13(18(3)4)6-7-16-15(14)19-5/h6-8,17H,9H2,1-5H3. The highest BCUT2D eigenvalue weighted by Crippen LogP contribution is 2.33. The first-order chi connectivity index (χ1) is 9.52. The van der Waals surface area contributed by atoms with E-state index in [0.29, 0.717) is 5.88 Å². The van der Waals surface area contributed by atoms with Gasteiger partial charge in [0.05, 0.1) is 12.8 Å². The second kappa shape index (κ2) is 6.13. The zero-order chi connectivity index (χ0) is 14.7. The van der Waals surface area contributed by atoms with Gasteiger partial charge < -0.3 is 15.0 Å². The maximum absolute atomic E-state index is 5.36. The van der Waals surface area contributed by atoms with E-state index in [-0.39, 0.29) is 0 Å². The van der Waals surface area contributed by atoms with E-state index in [1.807, 2.05) is 31.5 Å². The molecule has 0 aliphatic carbocycles. The Morgan fingerprint density at radius 2 is 2.10 bits per heavy atom. The summed E-state index contributed by atoms with van der Waals surface area (Å²) in [7, 11) is 5.67. The molecule has 4 nitrogen and oxygen atoms in total. The van der Waals surface area contributed by atoms with E-state index in [1.54, 1.807) is 13.3 Å². The Morgan fingerprint density at radius 1 is 1.35 bits per heavy atom. The van der Waals surface area contributed by atoms with Gasteiger partial charge in [0.1, 0.15) is 5.69 Å². The Hall–Kier alpha value is -1.75. The van der Waals surface area contributed by atoms with Gasteiger partial charge in [0, 0.05) is 36.6 Å². The highest BCUT2D eigenvalue weighted by molar-refractivity contribution is 7.12. The fourth-order valence-electron chi connectivity index (χ4n) is 2.17. The minimum atomic E-state index is 0.626. The molecule has 108 valence electrons. The highest BCUT2D eigenvalue weighted by Gasteiger charge is 2.12. The molecule has 0 bridgehead atoms. The highest BCUT2D eigenvalue weighted by atomic mass is 32.1. The summed E-state index contributed by atoms with van der Waals surface area (Å²) in [6.07, 6.45) is 1.76. The van der Waals surface area contributed by atoms with Gasteiger partial charge in [-0.3, -0.25) is 0 Å². The van der Waals surface area contributed by atoms with E-state index < -0.39 is 0 Å². The van der Waals surface area contributed by atoms with Crippen LogP contribution >= 0.6 is 11.3 Å². The summed E-state index contributed by atoms with van der Waals surface area (Å²) in [6.45, 7) is 5.07. The Balaban J connectivity index is 2.26. The Bertz CT molecular complexity index is 593. The van der Waals surface area contributed by atoms with Crippen LogP contribution in [0.1, 0.15) is 15.3 Å². The van der Waals surface area contributed by atoms with Crippen LogP contribution in [0.15, 0.2) is 18.3 Å². The van der Waals surface area contributed by atoms with Crippen LogP contribution in [-0.2, 0) is 6.54 Å². The molecule has 0 saturated carbocycles. The van der Waals surface area contributed by atoms with E-state index in [4.69, 9.17) is 4.74 Å². The lowest BCUT2D eigenvalue weighted by molar-refractivity contribution is 0.400. The summed E-state index contributed by atoms with van der Waals surface area (Å²) in [5.41, 5.74) is 3.33. The molecule has 0 aromatic carbocycles. The molecule has 0 fully saturated rings. The second-order valence-corrected chi connectivity index (χ2v) is 6.36. The molecule has 0 radical (unpaired) electrons. The Kier molecular flexibility index (Phi) is 4.49. The first kappa shape index (κ1) is 14.7. The topological polar surface area (TPSA) is 37.4 Å². The van der Waals surface area contributed by atoms with Gasteiger partial charge in [-0.2, -0.15) is 0 Å². The van der Waals surface area contributed by atoms with Crippen molar-refractivity contribution in [1.82, 2.24) is 4.98 Å². The number of methoxy groups -OCH3 is 1. The van der Waals surface area contributed by atoms with Gasteiger partial charge in [-0.25, -0.2) is 4.98 Å². The largest absolute Gasteiger partial charge is 0.479 e. The van der Waals surface area contributed by atoms with Crippen molar-refractivity contribution in [3.05, 3.63) is 33.6 Å². The smallest absolute Gasteiger partial charge is 0.239 e. The number of anilines is 2. The van der Waals surface area contributed by atoms with E-state index in [2.05, 4.69) is 35.1 Å². The summed E-state index contributed by atoms with van der Waals surface area (Å²) in [4.78, 5) is 9.01. The zero-order valence-corrected chi connectivity index (χ0v) is 13.5. The van der Waals surface area contributed by atoms with Crippen LogP contribution in [0.2, 0.25) is 0 Å². The lowest BCUT2D eigenvalue weighted by Crippen LogP contribution is -2.13. The number of hydrogen-bond acceptors (Lipinski definition) is 5. The first-order valence-electron chi connectivity index (χ1n) is 6.53. The van der Waals surface area contributed by atoms with Gasteiger partial charge in [-0.1, -0.05) is 0 Å². The van der Waals surface area contributed by atoms with Crippen LogP contribution in [0.5, 0.6) is 5.88 Å². The minimum Gasteiger partial charge on any atom is -0.479 e. The van der Waals surface area contributed by atoms with Crippen LogP contribution < -0.4 is 15.0 Å². The predicted octanol–water partition coefficient (Wildman–Crippen LogP) is 3.45. The SMILES string of the molecule is COc1nccc(N(C)C)c1NCc1cc(C)sc1C. The molecule has 1 N–H and O–H groups in total.